The van der Waals surface area contributed by atoms with Gasteiger partial charge in [-0.15, -0.1) is 0 Å². The second kappa shape index (κ2) is 4.36. The van der Waals surface area contributed by atoms with Gasteiger partial charge in [0.15, 0.2) is 0 Å². The zero-order valence-corrected chi connectivity index (χ0v) is 8.66. The summed E-state index contributed by atoms with van der Waals surface area (Å²) in [6.07, 6.45) is 0. The minimum atomic E-state index is 0.822. The Morgan fingerprint density at radius 2 is 2.27 bits per heavy atom. The molecule has 1 aliphatic heterocycles. The third-order valence-corrected chi connectivity index (χ3v) is 3.50. The minimum absolute atomic E-state index is 0.822. The Labute approximate surface area is 74.5 Å². The molecule has 0 aromatic carbocycles. The smallest absolute Gasteiger partial charge is 0.0209 e. The molecule has 1 nitrogen and oxygen atoms in total. The predicted molar refractivity (Wildman–Crippen MR) is 53.2 cm³/mol. The molecule has 1 rings (SSSR count). The first-order valence-corrected chi connectivity index (χ1v) is 5.73. The van der Waals surface area contributed by atoms with Gasteiger partial charge in [0.25, 0.3) is 0 Å². The van der Waals surface area contributed by atoms with Gasteiger partial charge in [0.1, 0.15) is 0 Å². The highest BCUT2D eigenvalue weighted by atomic mass is 32.2. The summed E-state index contributed by atoms with van der Waals surface area (Å²) in [5.41, 5.74) is 0. The summed E-state index contributed by atoms with van der Waals surface area (Å²) >= 11 is 2.11. The van der Waals surface area contributed by atoms with Crippen molar-refractivity contribution < 1.29 is 0 Å². The molecule has 1 atom stereocenters. The maximum absolute atomic E-state index is 2.61. The van der Waals surface area contributed by atoms with Gasteiger partial charge in [0.2, 0.25) is 0 Å². The lowest BCUT2D eigenvalue weighted by Gasteiger charge is -2.37. The predicted octanol–water partition coefficient (Wildman–Crippen LogP) is 2.08. The Hall–Kier alpha value is 0.310. The summed E-state index contributed by atoms with van der Waals surface area (Å²) in [5, 5.41) is 0. The van der Waals surface area contributed by atoms with Crippen LogP contribution in [0.1, 0.15) is 20.8 Å². The summed E-state index contributed by atoms with van der Waals surface area (Å²) < 4.78 is 0. The molecule has 0 aliphatic carbocycles. The maximum Gasteiger partial charge on any atom is 0.0209 e. The van der Waals surface area contributed by atoms with Crippen LogP contribution in [0.5, 0.6) is 0 Å². The number of hydrogen-bond acceptors (Lipinski definition) is 2. The third-order valence-electron chi connectivity index (χ3n) is 2.46. The van der Waals surface area contributed by atoms with E-state index in [0.29, 0.717) is 0 Å². The largest absolute Gasteiger partial charge is 0.299 e. The van der Waals surface area contributed by atoms with Gasteiger partial charge in [-0.3, -0.25) is 4.90 Å². The van der Waals surface area contributed by atoms with E-state index in [1.54, 1.807) is 0 Å². The van der Waals surface area contributed by atoms with Crippen LogP contribution in [0, 0.1) is 5.92 Å². The van der Waals surface area contributed by atoms with Crippen LogP contribution in [0.2, 0.25) is 0 Å². The van der Waals surface area contributed by atoms with E-state index in [1.165, 1.54) is 24.6 Å². The van der Waals surface area contributed by atoms with Gasteiger partial charge in [-0.25, -0.2) is 0 Å². The van der Waals surface area contributed by atoms with Crippen LogP contribution >= 0.6 is 11.8 Å². The topological polar surface area (TPSA) is 3.24 Å². The molecule has 1 heterocycles. The summed E-state index contributed by atoms with van der Waals surface area (Å²) in [6.45, 7) is 9.46. The molecular weight excluding hydrogens is 154 g/mol. The average Bonchev–Trinajstić information content (AvgIpc) is 2.04. The van der Waals surface area contributed by atoms with E-state index in [1.807, 2.05) is 0 Å². The highest BCUT2D eigenvalue weighted by Crippen LogP contribution is 2.21. The van der Waals surface area contributed by atoms with Crippen molar-refractivity contribution in [3.05, 3.63) is 0 Å². The standard InChI is InChI=1S/C9H19NS/c1-4-10-5-6-11-7-9(10)8(2)3/h8-9H,4-7H2,1-3H3/t9-/m0/s1. The Balaban J connectivity index is 2.44. The first kappa shape index (κ1) is 9.40. The lowest BCUT2D eigenvalue weighted by atomic mass is 10.0. The molecule has 0 spiro atoms. The van der Waals surface area contributed by atoms with Crippen molar-refractivity contribution in [2.75, 3.05) is 24.6 Å². The highest BCUT2D eigenvalue weighted by Gasteiger charge is 2.23. The molecular formula is C9H19NS. The molecule has 2 heteroatoms. The van der Waals surface area contributed by atoms with Crippen LogP contribution in [0.3, 0.4) is 0 Å². The Bertz CT molecular complexity index is 114. The van der Waals surface area contributed by atoms with Gasteiger partial charge in [0.05, 0.1) is 0 Å². The van der Waals surface area contributed by atoms with E-state index in [9.17, 15) is 0 Å². The summed E-state index contributed by atoms with van der Waals surface area (Å²) in [6, 6.07) is 0.832. The van der Waals surface area contributed by atoms with Crippen LogP contribution in [0.25, 0.3) is 0 Å². The van der Waals surface area contributed by atoms with Gasteiger partial charge in [0, 0.05) is 24.1 Å². The van der Waals surface area contributed by atoms with Crippen LogP contribution < -0.4 is 0 Å². The molecule has 11 heavy (non-hydrogen) atoms. The second-order valence-electron chi connectivity index (χ2n) is 3.51. The van der Waals surface area contributed by atoms with E-state index in [0.717, 1.165) is 12.0 Å². The van der Waals surface area contributed by atoms with Crippen molar-refractivity contribution >= 4 is 11.8 Å². The molecule has 0 N–H and O–H groups in total. The summed E-state index contributed by atoms with van der Waals surface area (Å²) in [7, 11) is 0. The highest BCUT2D eigenvalue weighted by molar-refractivity contribution is 7.99. The number of nitrogens with zero attached hydrogens (tertiary/aromatic N) is 1. The fraction of sp³-hybridized carbons (Fsp3) is 1.00. The number of rotatable bonds is 2. The molecule has 0 bridgehead atoms. The molecule has 0 aromatic heterocycles. The van der Waals surface area contributed by atoms with Gasteiger partial charge in [-0.2, -0.15) is 11.8 Å². The Morgan fingerprint density at radius 1 is 1.55 bits per heavy atom. The minimum Gasteiger partial charge on any atom is -0.299 e. The molecule has 0 saturated carbocycles. The fourth-order valence-electron chi connectivity index (χ4n) is 1.66. The molecule has 66 valence electrons. The van der Waals surface area contributed by atoms with Gasteiger partial charge < -0.3 is 0 Å². The van der Waals surface area contributed by atoms with E-state index in [2.05, 4.69) is 37.4 Å². The van der Waals surface area contributed by atoms with Crippen molar-refractivity contribution in [3.8, 4) is 0 Å². The van der Waals surface area contributed by atoms with Gasteiger partial charge in [-0.1, -0.05) is 20.8 Å². The molecule has 1 saturated heterocycles. The molecule has 0 amide bonds. The Morgan fingerprint density at radius 3 is 2.73 bits per heavy atom. The molecule has 1 aliphatic rings. The lowest BCUT2D eigenvalue weighted by molar-refractivity contribution is 0.186. The summed E-state index contributed by atoms with van der Waals surface area (Å²) in [4.78, 5) is 2.61. The van der Waals surface area contributed by atoms with E-state index >= 15 is 0 Å². The van der Waals surface area contributed by atoms with Crippen molar-refractivity contribution in [2.24, 2.45) is 5.92 Å². The van der Waals surface area contributed by atoms with Gasteiger partial charge in [-0.05, 0) is 12.5 Å². The van der Waals surface area contributed by atoms with E-state index < -0.39 is 0 Å². The molecule has 0 unspecified atom stereocenters. The van der Waals surface area contributed by atoms with Gasteiger partial charge >= 0.3 is 0 Å². The van der Waals surface area contributed by atoms with Crippen LogP contribution in [0.15, 0.2) is 0 Å². The third kappa shape index (κ3) is 2.38. The molecule has 0 radical (unpaired) electrons. The van der Waals surface area contributed by atoms with E-state index in [4.69, 9.17) is 0 Å². The monoisotopic (exact) mass is 173 g/mol. The average molecular weight is 173 g/mol. The number of hydrogen-bond donors (Lipinski definition) is 0. The van der Waals surface area contributed by atoms with Crippen molar-refractivity contribution in [3.63, 3.8) is 0 Å². The molecule has 0 aromatic rings. The summed E-state index contributed by atoms with van der Waals surface area (Å²) in [5.74, 6) is 3.49. The van der Waals surface area contributed by atoms with Crippen molar-refractivity contribution in [1.29, 1.82) is 0 Å². The Kier molecular flexibility index (Phi) is 3.73. The van der Waals surface area contributed by atoms with E-state index in [-0.39, 0.29) is 0 Å². The number of thioether (sulfide) groups is 1. The second-order valence-corrected chi connectivity index (χ2v) is 4.66. The van der Waals surface area contributed by atoms with Crippen LogP contribution in [0.4, 0.5) is 0 Å². The zero-order chi connectivity index (χ0) is 8.27. The first-order valence-electron chi connectivity index (χ1n) is 4.57. The fourth-order valence-corrected chi connectivity index (χ4v) is 3.03. The van der Waals surface area contributed by atoms with Crippen LogP contribution in [-0.2, 0) is 0 Å². The maximum atomic E-state index is 2.61. The first-order chi connectivity index (χ1) is 5.25. The van der Waals surface area contributed by atoms with Crippen molar-refractivity contribution in [1.82, 2.24) is 4.90 Å². The quantitative estimate of drug-likeness (QED) is 0.629. The SMILES string of the molecule is CCN1CCSC[C@H]1C(C)C. The zero-order valence-electron chi connectivity index (χ0n) is 7.84. The van der Waals surface area contributed by atoms with Crippen molar-refractivity contribution in [2.45, 2.75) is 26.8 Å². The van der Waals surface area contributed by atoms with Crippen LogP contribution in [-0.4, -0.2) is 35.5 Å². The normalized spacial score (nSPS) is 27.8. The molecule has 1 fully saturated rings. The lowest BCUT2D eigenvalue weighted by Crippen LogP contribution is -2.45.